The summed E-state index contributed by atoms with van der Waals surface area (Å²) in [5, 5.41) is 15.3. The Balaban J connectivity index is 1.18. The summed E-state index contributed by atoms with van der Waals surface area (Å²) < 4.78 is 32.7. The van der Waals surface area contributed by atoms with Crippen LogP contribution in [0.4, 0.5) is 21.7 Å². The van der Waals surface area contributed by atoms with E-state index in [-0.39, 0.29) is 52.7 Å². The molecular weight excluding hydrogens is 729 g/mol. The molecule has 2 aromatic heterocycles. The highest BCUT2D eigenvalue weighted by Crippen LogP contribution is 2.37. The SMILES string of the molecule is CC(C)[C@@H](C)OC(=O)C1CCN(C2CC(C(=O)Nc3cc(Nc4cc(-c5cc(Cl)ccc5F)nnc4COCCO[Si](C)(C)C(C)(C)C)ncn3)C2)CC1. The minimum atomic E-state index is -1.93. The largest absolute Gasteiger partial charge is 0.462 e. The minimum Gasteiger partial charge on any atom is -0.462 e. The fraction of sp³-hybridized carbons (Fsp3) is 0.590. The summed E-state index contributed by atoms with van der Waals surface area (Å²) >= 11 is 6.18. The van der Waals surface area contributed by atoms with E-state index in [1.807, 2.05) is 6.92 Å². The number of piperidine rings is 1. The quantitative estimate of drug-likeness (QED) is 0.0880. The normalized spacial score (nSPS) is 18.9. The van der Waals surface area contributed by atoms with Gasteiger partial charge in [-0.3, -0.25) is 9.59 Å². The molecule has 0 radical (unpaired) electrons. The average molecular weight is 784 g/mol. The Labute approximate surface area is 324 Å². The molecule has 3 aromatic rings. The van der Waals surface area contributed by atoms with E-state index in [0.717, 1.165) is 38.8 Å². The summed E-state index contributed by atoms with van der Waals surface area (Å²) in [5.74, 6) is 0.142. The molecule has 1 saturated carbocycles. The molecule has 2 aliphatic rings. The minimum absolute atomic E-state index is 0.0645. The van der Waals surface area contributed by atoms with Crippen molar-refractivity contribution in [1.82, 2.24) is 25.1 Å². The number of carbonyl (C=O) groups is 2. The van der Waals surface area contributed by atoms with Crippen molar-refractivity contribution < 1.29 is 27.9 Å². The number of rotatable bonds is 15. The Hall–Kier alpha value is -3.56. The van der Waals surface area contributed by atoms with Gasteiger partial charge in [0.05, 0.1) is 37.1 Å². The predicted octanol–water partition coefficient (Wildman–Crippen LogP) is 8.02. The zero-order valence-electron chi connectivity index (χ0n) is 32.7. The van der Waals surface area contributed by atoms with Crippen molar-refractivity contribution >= 4 is 49.1 Å². The van der Waals surface area contributed by atoms with E-state index >= 15 is 0 Å². The number of benzene rings is 1. The Bertz CT molecular complexity index is 1760. The molecule has 0 bridgehead atoms. The van der Waals surface area contributed by atoms with Crippen LogP contribution in [-0.4, -0.2) is 83.7 Å². The second-order valence-electron chi connectivity index (χ2n) is 16.3. The number of likely N-dealkylation sites (tertiary alicyclic amines) is 1. The lowest BCUT2D eigenvalue weighted by Crippen LogP contribution is -2.51. The first-order valence-corrected chi connectivity index (χ1v) is 22.2. The van der Waals surface area contributed by atoms with Gasteiger partial charge in [0, 0.05) is 28.6 Å². The summed E-state index contributed by atoms with van der Waals surface area (Å²) in [4.78, 5) is 36.9. The number of hydrogen-bond acceptors (Lipinski definition) is 11. The van der Waals surface area contributed by atoms with Gasteiger partial charge in [-0.1, -0.05) is 46.2 Å². The molecule has 1 aliphatic carbocycles. The number of aromatic nitrogens is 4. The lowest BCUT2D eigenvalue weighted by molar-refractivity contribution is -0.157. The van der Waals surface area contributed by atoms with E-state index in [9.17, 15) is 14.0 Å². The van der Waals surface area contributed by atoms with Gasteiger partial charge in [0.15, 0.2) is 8.32 Å². The first-order valence-electron chi connectivity index (χ1n) is 18.9. The third-order valence-corrected chi connectivity index (χ3v) is 15.9. The van der Waals surface area contributed by atoms with Crippen molar-refractivity contribution in [2.45, 2.75) is 104 Å². The molecular formula is C39H55ClFN7O5Si. The maximum Gasteiger partial charge on any atom is 0.309 e. The number of halogens is 2. The standard InChI is InChI=1S/C39H55ClFN7O5Si/c1-24(2)25(3)53-38(50)26-11-13-48(14-12-26)29-17-27(18-29)37(49)45-36-21-35(42-23-43-36)44-33-20-32(30-19-28(40)9-10-31(30)41)46-47-34(33)22-51-15-16-52-54(7,8)39(4,5)6/h9-10,19-21,23-27,29H,11-18,22H2,1-8H3,(H2,42,43,44,45,46,49)/t25-,27?,29?/m1/s1. The molecule has 12 nitrogen and oxygen atoms in total. The number of nitrogens with zero attached hydrogens (tertiary/aromatic N) is 5. The summed E-state index contributed by atoms with van der Waals surface area (Å²) in [6, 6.07) is 7.86. The third-order valence-electron chi connectivity index (χ3n) is 11.1. The fourth-order valence-corrected chi connectivity index (χ4v) is 7.27. The molecule has 3 heterocycles. The van der Waals surface area contributed by atoms with Crippen LogP contribution in [0, 0.1) is 23.6 Å². The zero-order valence-corrected chi connectivity index (χ0v) is 34.5. The first kappa shape index (κ1) is 41.6. The Morgan fingerprint density at radius 2 is 1.70 bits per heavy atom. The van der Waals surface area contributed by atoms with Crippen molar-refractivity contribution in [3.63, 3.8) is 0 Å². The topological polar surface area (TPSA) is 141 Å². The highest BCUT2D eigenvalue weighted by Gasteiger charge is 2.40. The molecule has 2 fully saturated rings. The van der Waals surface area contributed by atoms with E-state index < -0.39 is 14.1 Å². The third kappa shape index (κ3) is 10.8. The van der Waals surface area contributed by atoms with Crippen LogP contribution in [0.15, 0.2) is 36.7 Å². The molecule has 1 atom stereocenters. The Morgan fingerprint density at radius 1 is 1.00 bits per heavy atom. The molecule has 1 aliphatic heterocycles. The van der Waals surface area contributed by atoms with Gasteiger partial charge in [-0.25, -0.2) is 14.4 Å². The number of esters is 1. The molecule has 2 N–H and O–H groups in total. The van der Waals surface area contributed by atoms with Crippen LogP contribution in [0.3, 0.4) is 0 Å². The van der Waals surface area contributed by atoms with Crippen molar-refractivity contribution in [2.24, 2.45) is 17.8 Å². The molecule has 0 unspecified atom stereocenters. The fourth-order valence-electron chi connectivity index (χ4n) is 6.07. The van der Waals surface area contributed by atoms with E-state index in [2.05, 4.69) is 83.4 Å². The number of ether oxygens (including phenoxy) is 2. The van der Waals surface area contributed by atoms with Crippen LogP contribution in [-0.2, 0) is 30.1 Å². The van der Waals surface area contributed by atoms with Crippen molar-refractivity contribution in [3.05, 3.63) is 53.2 Å². The molecule has 15 heteroatoms. The molecule has 1 amide bonds. The highest BCUT2D eigenvalue weighted by molar-refractivity contribution is 6.74. The van der Waals surface area contributed by atoms with Crippen molar-refractivity contribution in [2.75, 3.05) is 36.9 Å². The molecule has 1 aromatic carbocycles. The predicted molar refractivity (Wildman–Crippen MR) is 210 cm³/mol. The second kappa shape index (κ2) is 17.9. The average Bonchev–Trinajstić information content (AvgIpc) is 3.09. The van der Waals surface area contributed by atoms with E-state index in [1.54, 1.807) is 12.1 Å². The highest BCUT2D eigenvalue weighted by atomic mass is 35.5. The van der Waals surface area contributed by atoms with Gasteiger partial charge in [0.1, 0.15) is 35.6 Å². The van der Waals surface area contributed by atoms with Crippen LogP contribution in [0.25, 0.3) is 11.3 Å². The van der Waals surface area contributed by atoms with Gasteiger partial charge in [-0.2, -0.15) is 5.10 Å². The Kier molecular flexibility index (Phi) is 13.8. The molecule has 54 heavy (non-hydrogen) atoms. The maximum absolute atomic E-state index is 14.8. The lowest BCUT2D eigenvalue weighted by atomic mass is 9.77. The number of amides is 1. The van der Waals surface area contributed by atoms with E-state index in [4.69, 9.17) is 25.5 Å². The smallest absolute Gasteiger partial charge is 0.309 e. The van der Waals surface area contributed by atoms with Crippen molar-refractivity contribution in [3.8, 4) is 11.3 Å². The lowest BCUT2D eigenvalue weighted by Gasteiger charge is -2.44. The second-order valence-corrected chi connectivity index (χ2v) is 21.5. The zero-order chi connectivity index (χ0) is 39.2. The summed E-state index contributed by atoms with van der Waals surface area (Å²) in [5.41, 5.74) is 1.44. The van der Waals surface area contributed by atoms with Gasteiger partial charge < -0.3 is 29.4 Å². The molecule has 0 spiro atoms. The molecule has 1 saturated heterocycles. The first-order chi connectivity index (χ1) is 25.5. The van der Waals surface area contributed by atoms with Gasteiger partial charge >= 0.3 is 5.97 Å². The molecule has 5 rings (SSSR count). The monoisotopic (exact) mass is 783 g/mol. The van der Waals surface area contributed by atoms with Crippen LogP contribution in [0.2, 0.25) is 23.2 Å². The Morgan fingerprint density at radius 3 is 2.39 bits per heavy atom. The number of hydrogen-bond donors (Lipinski definition) is 2. The summed E-state index contributed by atoms with van der Waals surface area (Å²) in [7, 11) is -1.93. The van der Waals surface area contributed by atoms with Crippen LogP contribution < -0.4 is 10.6 Å². The number of anilines is 3. The van der Waals surface area contributed by atoms with Gasteiger partial charge in [0.2, 0.25) is 5.91 Å². The number of nitrogens with one attached hydrogen (secondary N) is 2. The van der Waals surface area contributed by atoms with E-state index in [1.165, 1.54) is 24.5 Å². The van der Waals surface area contributed by atoms with Gasteiger partial charge in [0.25, 0.3) is 0 Å². The summed E-state index contributed by atoms with van der Waals surface area (Å²) in [6.45, 7) is 19.6. The number of carbonyl (C=O) groups excluding carboxylic acids is 2. The van der Waals surface area contributed by atoms with Crippen LogP contribution in [0.1, 0.15) is 72.9 Å². The van der Waals surface area contributed by atoms with Gasteiger partial charge in [-0.05, 0) is 94.0 Å². The summed E-state index contributed by atoms with van der Waals surface area (Å²) in [6.07, 6.45) is 4.31. The van der Waals surface area contributed by atoms with Crippen molar-refractivity contribution in [1.29, 1.82) is 0 Å². The van der Waals surface area contributed by atoms with Crippen LogP contribution in [0.5, 0.6) is 0 Å². The van der Waals surface area contributed by atoms with Crippen LogP contribution >= 0.6 is 11.6 Å². The molecule has 294 valence electrons. The van der Waals surface area contributed by atoms with E-state index in [0.29, 0.717) is 53.2 Å². The van der Waals surface area contributed by atoms with Gasteiger partial charge in [-0.15, -0.1) is 5.10 Å². The maximum atomic E-state index is 14.8.